The lowest BCUT2D eigenvalue weighted by Gasteiger charge is -2.23. The van der Waals surface area contributed by atoms with E-state index in [0.29, 0.717) is 0 Å². The molecule has 1 saturated heterocycles. The van der Waals surface area contributed by atoms with Crippen LogP contribution in [0.5, 0.6) is 5.75 Å². The maximum absolute atomic E-state index is 13.6. The molecule has 2 N–H and O–H groups in total. The quantitative estimate of drug-likeness (QED) is 0.877. The number of piperidine rings is 1. The van der Waals surface area contributed by atoms with Gasteiger partial charge in [-0.2, -0.15) is 8.78 Å². The van der Waals surface area contributed by atoms with E-state index >= 15 is 0 Å². The number of benzene rings is 1. The summed E-state index contributed by atoms with van der Waals surface area (Å²) in [6.45, 7) is -1.25. The van der Waals surface area contributed by atoms with Crippen LogP contribution in [0.2, 0.25) is 0 Å². The second-order valence-electron chi connectivity index (χ2n) is 5.88. The van der Waals surface area contributed by atoms with Gasteiger partial charge in [0.05, 0.1) is 0 Å². The molecular weight excluding hydrogens is 333 g/mol. The van der Waals surface area contributed by atoms with Gasteiger partial charge in [-0.3, -0.25) is 4.79 Å². The van der Waals surface area contributed by atoms with Gasteiger partial charge in [-0.15, -0.1) is 12.4 Å². The van der Waals surface area contributed by atoms with Crippen molar-refractivity contribution < 1.29 is 22.7 Å². The number of amides is 1. The third-order valence-electron chi connectivity index (χ3n) is 4.52. The third-order valence-corrected chi connectivity index (χ3v) is 4.52. The highest BCUT2D eigenvalue weighted by Crippen LogP contribution is 2.58. The van der Waals surface area contributed by atoms with Gasteiger partial charge in [-0.1, -0.05) is 0 Å². The zero-order valence-corrected chi connectivity index (χ0v) is 13.1. The minimum absolute atomic E-state index is 0. The molecule has 1 saturated carbocycles. The number of hydrogen-bond acceptors (Lipinski definition) is 3. The van der Waals surface area contributed by atoms with Gasteiger partial charge < -0.3 is 15.4 Å². The molecule has 1 aliphatic heterocycles. The third kappa shape index (κ3) is 3.90. The van der Waals surface area contributed by atoms with Crippen molar-refractivity contribution in [3.8, 4) is 5.75 Å². The Kier molecular flexibility index (Phi) is 5.41. The van der Waals surface area contributed by atoms with Crippen molar-refractivity contribution in [1.82, 2.24) is 5.32 Å². The van der Waals surface area contributed by atoms with Crippen molar-refractivity contribution >= 4 is 24.0 Å². The number of carbonyl (C=O) groups is 1. The second kappa shape index (κ2) is 6.97. The number of alkyl halides is 2. The highest BCUT2D eigenvalue weighted by atomic mass is 35.5. The number of nitrogens with one attached hydrogen (secondary N) is 2. The molecule has 1 amide bonds. The summed E-state index contributed by atoms with van der Waals surface area (Å²) in [6.07, 6.45) is 2.80. The highest BCUT2D eigenvalue weighted by molar-refractivity contribution is 5.95. The molecular formula is C15H18ClF3N2O2. The van der Waals surface area contributed by atoms with E-state index in [1.54, 1.807) is 0 Å². The van der Waals surface area contributed by atoms with E-state index in [-0.39, 0.29) is 35.3 Å². The molecule has 8 heteroatoms. The zero-order valence-electron chi connectivity index (χ0n) is 12.3. The van der Waals surface area contributed by atoms with Crippen LogP contribution < -0.4 is 15.4 Å². The van der Waals surface area contributed by atoms with Crippen LogP contribution >= 0.6 is 12.4 Å². The van der Waals surface area contributed by atoms with Gasteiger partial charge in [0.25, 0.3) is 0 Å². The average molecular weight is 351 g/mol. The van der Waals surface area contributed by atoms with Crippen LogP contribution in [-0.2, 0) is 4.79 Å². The Morgan fingerprint density at radius 2 is 2.04 bits per heavy atom. The summed E-state index contributed by atoms with van der Waals surface area (Å²) in [6, 6.07) is 3.44. The monoisotopic (exact) mass is 350 g/mol. The van der Waals surface area contributed by atoms with Gasteiger partial charge >= 0.3 is 6.61 Å². The lowest BCUT2D eigenvalue weighted by Crippen LogP contribution is -2.31. The van der Waals surface area contributed by atoms with Crippen molar-refractivity contribution in [2.24, 2.45) is 11.3 Å². The molecule has 23 heavy (non-hydrogen) atoms. The standard InChI is InChI=1S/C15H17F3N2O2.ClH/c16-11-7-9(1-2-12(11)22-14(17)18)20-13(21)10-8-15(10)3-5-19-6-4-15;/h1-2,7,10,14,19H,3-6,8H2,(H,20,21);1H. The number of hydrogen-bond donors (Lipinski definition) is 2. The lowest BCUT2D eigenvalue weighted by molar-refractivity contribution is -0.118. The molecule has 4 nitrogen and oxygen atoms in total. The Labute approximate surface area is 138 Å². The van der Waals surface area contributed by atoms with Crippen LogP contribution in [-0.4, -0.2) is 25.6 Å². The predicted octanol–water partition coefficient (Wildman–Crippen LogP) is 3.18. The maximum Gasteiger partial charge on any atom is 0.387 e. The summed E-state index contributed by atoms with van der Waals surface area (Å²) in [7, 11) is 0. The lowest BCUT2D eigenvalue weighted by atomic mass is 9.92. The zero-order chi connectivity index (χ0) is 15.7. The van der Waals surface area contributed by atoms with E-state index < -0.39 is 18.2 Å². The number of carbonyl (C=O) groups excluding carboxylic acids is 1. The summed E-state index contributed by atoms with van der Waals surface area (Å²) < 4.78 is 41.8. The molecule has 1 unspecified atom stereocenters. The van der Waals surface area contributed by atoms with Gasteiger partial charge in [0.15, 0.2) is 11.6 Å². The molecule has 1 aliphatic carbocycles. The summed E-state index contributed by atoms with van der Waals surface area (Å²) in [5, 5.41) is 5.92. The van der Waals surface area contributed by atoms with Gasteiger partial charge in [-0.25, -0.2) is 4.39 Å². The van der Waals surface area contributed by atoms with Crippen molar-refractivity contribution in [2.45, 2.75) is 25.9 Å². The van der Waals surface area contributed by atoms with Gasteiger partial charge in [0.1, 0.15) is 0 Å². The molecule has 128 valence electrons. The van der Waals surface area contributed by atoms with Crippen LogP contribution in [0.4, 0.5) is 18.9 Å². The second-order valence-corrected chi connectivity index (χ2v) is 5.88. The first-order valence-electron chi connectivity index (χ1n) is 7.26. The summed E-state index contributed by atoms with van der Waals surface area (Å²) in [4.78, 5) is 12.2. The molecule has 2 fully saturated rings. The molecule has 0 radical (unpaired) electrons. The molecule has 3 rings (SSSR count). The molecule has 0 bridgehead atoms. The fourth-order valence-corrected chi connectivity index (χ4v) is 3.20. The summed E-state index contributed by atoms with van der Waals surface area (Å²) in [5.74, 6) is -1.64. The number of anilines is 1. The fourth-order valence-electron chi connectivity index (χ4n) is 3.20. The minimum Gasteiger partial charge on any atom is -0.432 e. The van der Waals surface area contributed by atoms with Crippen molar-refractivity contribution in [3.05, 3.63) is 24.0 Å². The van der Waals surface area contributed by atoms with Crippen LogP contribution in [0.1, 0.15) is 19.3 Å². The topological polar surface area (TPSA) is 50.4 Å². The maximum atomic E-state index is 13.6. The predicted molar refractivity (Wildman–Crippen MR) is 81.6 cm³/mol. The van der Waals surface area contributed by atoms with E-state index in [0.717, 1.165) is 44.5 Å². The van der Waals surface area contributed by atoms with Gasteiger partial charge in [0, 0.05) is 17.7 Å². The number of rotatable bonds is 4. The Balaban J connectivity index is 0.00000192. The van der Waals surface area contributed by atoms with E-state index in [1.165, 1.54) is 6.07 Å². The minimum atomic E-state index is -3.08. The van der Waals surface area contributed by atoms with Crippen LogP contribution in [0, 0.1) is 17.2 Å². The van der Waals surface area contributed by atoms with E-state index in [1.807, 2.05) is 0 Å². The number of ether oxygens (including phenoxy) is 1. The average Bonchev–Trinajstić information content (AvgIpc) is 3.16. The van der Waals surface area contributed by atoms with Crippen LogP contribution in [0.25, 0.3) is 0 Å². The van der Waals surface area contributed by atoms with Crippen LogP contribution in [0.15, 0.2) is 18.2 Å². The Morgan fingerprint density at radius 3 is 2.65 bits per heavy atom. The molecule has 1 aromatic rings. The molecule has 1 aromatic carbocycles. The molecule has 1 heterocycles. The Bertz CT molecular complexity index is 580. The van der Waals surface area contributed by atoms with E-state index in [2.05, 4.69) is 15.4 Å². The normalized spacial score (nSPS) is 21.7. The smallest absolute Gasteiger partial charge is 0.387 e. The molecule has 1 atom stereocenters. The largest absolute Gasteiger partial charge is 0.432 e. The molecule has 0 aromatic heterocycles. The first-order chi connectivity index (χ1) is 10.5. The molecule has 1 spiro atoms. The molecule has 2 aliphatic rings. The SMILES string of the molecule is Cl.O=C(Nc1ccc(OC(F)F)c(F)c1)C1CC12CCNCC2. The van der Waals surface area contributed by atoms with Crippen molar-refractivity contribution in [2.75, 3.05) is 18.4 Å². The van der Waals surface area contributed by atoms with Gasteiger partial charge in [-0.05, 0) is 49.9 Å². The Morgan fingerprint density at radius 1 is 1.35 bits per heavy atom. The first kappa shape index (κ1) is 17.9. The highest BCUT2D eigenvalue weighted by Gasteiger charge is 2.57. The summed E-state index contributed by atoms with van der Waals surface area (Å²) in [5.41, 5.74) is 0.340. The Hall–Kier alpha value is -1.47. The fraction of sp³-hybridized carbons (Fsp3) is 0.533. The number of halogens is 4. The summed E-state index contributed by atoms with van der Waals surface area (Å²) >= 11 is 0. The van der Waals surface area contributed by atoms with Crippen LogP contribution in [0.3, 0.4) is 0 Å². The van der Waals surface area contributed by atoms with E-state index in [4.69, 9.17) is 0 Å². The van der Waals surface area contributed by atoms with Crippen molar-refractivity contribution in [1.29, 1.82) is 0 Å². The van der Waals surface area contributed by atoms with Gasteiger partial charge in [0.2, 0.25) is 5.91 Å². The van der Waals surface area contributed by atoms with E-state index in [9.17, 15) is 18.0 Å². The first-order valence-corrected chi connectivity index (χ1v) is 7.26. The van der Waals surface area contributed by atoms with Crippen molar-refractivity contribution in [3.63, 3.8) is 0 Å².